The highest BCUT2D eigenvalue weighted by molar-refractivity contribution is 5.46. The van der Waals surface area contributed by atoms with Crippen molar-refractivity contribution in [1.29, 1.82) is 5.26 Å². The molecule has 9 heteroatoms. The van der Waals surface area contributed by atoms with Crippen LogP contribution in [-0.4, -0.2) is 26.5 Å². The molecule has 0 saturated heterocycles. The van der Waals surface area contributed by atoms with Gasteiger partial charge in [0.05, 0.1) is 17.7 Å². The number of pyridine rings is 1. The number of hydrogen-bond acceptors (Lipinski definition) is 7. The molecule has 3 atom stereocenters. The van der Waals surface area contributed by atoms with Gasteiger partial charge in [0.15, 0.2) is 0 Å². The molecule has 0 bridgehead atoms. The molecule has 28 heavy (non-hydrogen) atoms. The van der Waals surface area contributed by atoms with Crippen LogP contribution in [0.25, 0.3) is 0 Å². The monoisotopic (exact) mass is 385 g/mol. The summed E-state index contributed by atoms with van der Waals surface area (Å²) < 4.78 is 7.19. The molecule has 0 radical (unpaired) electrons. The van der Waals surface area contributed by atoms with E-state index in [1.54, 1.807) is 32.0 Å². The maximum atomic E-state index is 12.8. The van der Waals surface area contributed by atoms with Crippen LogP contribution in [0.4, 0.5) is 0 Å². The molecule has 1 N–H and O–H groups in total. The summed E-state index contributed by atoms with van der Waals surface area (Å²) in [6.07, 6.45) is -0.536. The number of aliphatic hydroxyl groups excluding tert-OH is 1. The third kappa shape index (κ3) is 3.42. The summed E-state index contributed by atoms with van der Waals surface area (Å²) in [6.45, 7) is 4.87. The molecule has 0 spiro atoms. The summed E-state index contributed by atoms with van der Waals surface area (Å²) in [7, 11) is 0. The van der Waals surface area contributed by atoms with Crippen LogP contribution in [0, 0.1) is 21.4 Å². The fraction of sp³-hybridized carbons (Fsp3) is 0.368. The number of ether oxygens (including phenoxy) is 1. The fourth-order valence-corrected chi connectivity index (χ4v) is 3.32. The first kappa shape index (κ1) is 19.4. The van der Waals surface area contributed by atoms with Crippen molar-refractivity contribution in [1.82, 2.24) is 4.57 Å². The van der Waals surface area contributed by atoms with Gasteiger partial charge < -0.3 is 19.2 Å². The normalized spacial score (nSPS) is 21.0. The fourth-order valence-electron chi connectivity index (χ4n) is 3.32. The molecule has 0 amide bonds. The summed E-state index contributed by atoms with van der Waals surface area (Å²) >= 11 is 0. The van der Waals surface area contributed by atoms with Gasteiger partial charge in [0.2, 0.25) is 0 Å². The van der Waals surface area contributed by atoms with Crippen LogP contribution in [-0.2, 0) is 4.84 Å². The lowest BCUT2D eigenvalue weighted by Crippen LogP contribution is -2.52. The van der Waals surface area contributed by atoms with Gasteiger partial charge >= 0.3 is 0 Å². The molecular formula is C19H19N3O6. The minimum absolute atomic E-state index is 0.338. The lowest BCUT2D eigenvalue weighted by Gasteiger charge is -2.42. The molecule has 3 rings (SSSR count). The average Bonchev–Trinajstić information content (AvgIpc) is 2.62. The molecular weight excluding hydrogens is 366 g/mol. The molecule has 0 aliphatic carbocycles. The van der Waals surface area contributed by atoms with Gasteiger partial charge in [-0.15, -0.1) is 10.1 Å². The predicted molar refractivity (Wildman–Crippen MR) is 97.2 cm³/mol. The Hall–Kier alpha value is -3.38. The van der Waals surface area contributed by atoms with Crippen molar-refractivity contribution in [3.05, 3.63) is 73.7 Å². The third-order valence-corrected chi connectivity index (χ3v) is 4.83. The first-order valence-electron chi connectivity index (χ1n) is 8.58. The van der Waals surface area contributed by atoms with Gasteiger partial charge in [0.25, 0.3) is 10.6 Å². The lowest BCUT2D eigenvalue weighted by atomic mass is 9.85. The zero-order valence-corrected chi connectivity index (χ0v) is 15.5. The van der Waals surface area contributed by atoms with E-state index in [1.165, 1.54) is 29.8 Å². The van der Waals surface area contributed by atoms with Crippen molar-refractivity contribution in [3.8, 4) is 11.8 Å². The highest BCUT2D eigenvalue weighted by Gasteiger charge is 2.44. The van der Waals surface area contributed by atoms with E-state index in [-0.39, 0.29) is 0 Å². The van der Waals surface area contributed by atoms with Crippen LogP contribution in [0.2, 0.25) is 0 Å². The average molecular weight is 385 g/mol. The van der Waals surface area contributed by atoms with E-state index < -0.39 is 34.5 Å². The molecule has 2 aromatic rings. The van der Waals surface area contributed by atoms with Crippen molar-refractivity contribution in [3.63, 3.8) is 0 Å². The summed E-state index contributed by atoms with van der Waals surface area (Å²) in [5.74, 6) is 0.473. The smallest absolute Gasteiger partial charge is 0.295 e. The summed E-state index contributed by atoms with van der Waals surface area (Å²) in [4.78, 5) is 27.8. The van der Waals surface area contributed by atoms with Gasteiger partial charge in [-0.05, 0) is 50.6 Å². The minimum atomic E-state index is -1.08. The van der Waals surface area contributed by atoms with E-state index in [9.17, 15) is 25.3 Å². The second kappa shape index (κ2) is 6.98. The van der Waals surface area contributed by atoms with Crippen molar-refractivity contribution in [2.45, 2.75) is 44.6 Å². The quantitative estimate of drug-likeness (QED) is 0.630. The maximum absolute atomic E-state index is 12.8. The number of hydrogen-bond donors (Lipinski definition) is 1. The first-order chi connectivity index (χ1) is 13.1. The van der Waals surface area contributed by atoms with Gasteiger partial charge in [-0.2, -0.15) is 5.26 Å². The van der Waals surface area contributed by atoms with Crippen molar-refractivity contribution in [2.24, 2.45) is 0 Å². The topological polar surface area (TPSA) is 128 Å². The Kier molecular flexibility index (Phi) is 4.83. The molecule has 2 heterocycles. The number of benzene rings is 1. The Balaban J connectivity index is 2.11. The van der Waals surface area contributed by atoms with Gasteiger partial charge in [0.1, 0.15) is 23.6 Å². The van der Waals surface area contributed by atoms with Crippen LogP contribution < -0.4 is 10.3 Å². The Labute approximate surface area is 160 Å². The second-order valence-electron chi connectivity index (χ2n) is 7.14. The van der Waals surface area contributed by atoms with Crippen LogP contribution in [0.1, 0.15) is 49.6 Å². The molecule has 1 aliphatic heterocycles. The Morgan fingerprint density at radius 1 is 1.39 bits per heavy atom. The Morgan fingerprint density at radius 2 is 2.11 bits per heavy atom. The van der Waals surface area contributed by atoms with E-state index in [0.717, 1.165) is 0 Å². The van der Waals surface area contributed by atoms with E-state index in [4.69, 9.17) is 4.74 Å². The van der Waals surface area contributed by atoms with Gasteiger partial charge in [-0.25, -0.2) is 0 Å². The Morgan fingerprint density at radius 3 is 2.71 bits per heavy atom. The highest BCUT2D eigenvalue weighted by atomic mass is 17.0. The highest BCUT2D eigenvalue weighted by Crippen LogP contribution is 2.41. The second-order valence-corrected chi connectivity index (χ2v) is 7.14. The predicted octanol–water partition coefficient (Wildman–Crippen LogP) is 2.11. The zero-order chi connectivity index (χ0) is 20.6. The van der Waals surface area contributed by atoms with Crippen LogP contribution >= 0.6 is 0 Å². The van der Waals surface area contributed by atoms with E-state index in [0.29, 0.717) is 22.4 Å². The summed E-state index contributed by atoms with van der Waals surface area (Å²) in [6, 6.07) is 8.83. The van der Waals surface area contributed by atoms with Crippen molar-refractivity contribution >= 4 is 0 Å². The number of nitriles is 1. The van der Waals surface area contributed by atoms with E-state index in [1.807, 2.05) is 6.07 Å². The van der Waals surface area contributed by atoms with E-state index in [2.05, 4.69) is 4.84 Å². The van der Waals surface area contributed by atoms with Crippen LogP contribution in [0.5, 0.6) is 5.75 Å². The van der Waals surface area contributed by atoms with Gasteiger partial charge in [0, 0.05) is 17.8 Å². The number of fused-ring (bicyclic) bond motifs is 1. The Bertz CT molecular complexity index is 1020. The molecule has 0 fully saturated rings. The molecule has 1 aromatic carbocycles. The first-order valence-corrected chi connectivity index (χ1v) is 8.58. The number of aliphatic hydroxyl groups is 1. The van der Waals surface area contributed by atoms with Gasteiger partial charge in [-0.1, -0.05) is 0 Å². The number of rotatable bonds is 4. The summed E-state index contributed by atoms with van der Waals surface area (Å²) in [5, 5.41) is 29.7. The van der Waals surface area contributed by atoms with Crippen molar-refractivity contribution < 1.29 is 19.8 Å². The van der Waals surface area contributed by atoms with Gasteiger partial charge in [-0.3, -0.25) is 4.79 Å². The SMILES string of the molecule is CC(O[N+](=O)[O-])c1ccn(C2c3cc(C#N)ccc3OC(C)(C)C2O)c(=O)c1. The number of nitrogens with zero attached hydrogens (tertiary/aromatic N) is 3. The zero-order valence-electron chi connectivity index (χ0n) is 15.5. The minimum Gasteiger partial charge on any atom is -0.485 e. The standard InChI is InChI=1S/C19H19N3O6/c1-11(28-22(25)26)13-6-7-21(16(23)9-13)17-14-8-12(10-20)4-5-15(14)27-19(2,3)18(17)24/h4-9,11,17-18,24H,1-3H3. The molecule has 9 nitrogen and oxygen atoms in total. The molecule has 1 aromatic heterocycles. The molecule has 1 aliphatic rings. The van der Waals surface area contributed by atoms with Crippen molar-refractivity contribution in [2.75, 3.05) is 0 Å². The largest absolute Gasteiger partial charge is 0.485 e. The molecule has 146 valence electrons. The lowest BCUT2D eigenvalue weighted by molar-refractivity contribution is -0.770. The van der Waals surface area contributed by atoms with Crippen LogP contribution in [0.15, 0.2) is 41.3 Å². The maximum Gasteiger partial charge on any atom is 0.295 e. The molecule has 3 unspecified atom stereocenters. The summed E-state index contributed by atoms with van der Waals surface area (Å²) in [5.41, 5.74) is -0.227. The van der Waals surface area contributed by atoms with Crippen LogP contribution in [0.3, 0.4) is 0 Å². The number of aromatic nitrogens is 1. The van der Waals surface area contributed by atoms with E-state index >= 15 is 0 Å². The molecule has 0 saturated carbocycles. The third-order valence-electron chi connectivity index (χ3n) is 4.83.